The number of ether oxygens (including phenoxy) is 2. The van der Waals surface area contributed by atoms with Crippen LogP contribution < -0.4 is 5.32 Å². The monoisotopic (exact) mass is 386 g/mol. The lowest BCUT2D eigenvalue weighted by Gasteiger charge is -2.36. The molecular weight excluding hydrogens is 352 g/mol. The van der Waals surface area contributed by atoms with E-state index in [0.717, 1.165) is 70.8 Å². The summed E-state index contributed by atoms with van der Waals surface area (Å²) < 4.78 is 11.8. The number of guanidine groups is 1. The van der Waals surface area contributed by atoms with Crippen LogP contribution in [0.2, 0.25) is 0 Å². The van der Waals surface area contributed by atoms with Crippen LogP contribution in [0.3, 0.4) is 0 Å². The number of hydrogen-bond acceptors (Lipinski definition) is 4. The molecule has 0 amide bonds. The molecule has 6 nitrogen and oxygen atoms in total. The van der Waals surface area contributed by atoms with Crippen molar-refractivity contribution < 1.29 is 9.47 Å². The molecule has 3 aliphatic rings. The van der Waals surface area contributed by atoms with E-state index in [1.165, 1.54) is 18.4 Å². The Morgan fingerprint density at radius 1 is 1.25 bits per heavy atom. The summed E-state index contributed by atoms with van der Waals surface area (Å²) in [6.45, 7) is 7.35. The summed E-state index contributed by atoms with van der Waals surface area (Å²) in [5.74, 6) is 1.83. The lowest BCUT2D eigenvalue weighted by atomic mass is 10.1. The Morgan fingerprint density at radius 2 is 2.11 bits per heavy atom. The zero-order chi connectivity index (χ0) is 19.2. The van der Waals surface area contributed by atoms with Crippen LogP contribution in [0.25, 0.3) is 0 Å². The van der Waals surface area contributed by atoms with Gasteiger partial charge >= 0.3 is 0 Å². The average Bonchev–Trinajstić information content (AvgIpc) is 3.44. The molecule has 4 rings (SSSR count). The van der Waals surface area contributed by atoms with E-state index in [9.17, 15) is 0 Å². The van der Waals surface area contributed by atoms with Gasteiger partial charge in [0.2, 0.25) is 0 Å². The minimum Gasteiger partial charge on any atom is -0.381 e. The van der Waals surface area contributed by atoms with Gasteiger partial charge in [-0.05, 0) is 30.7 Å². The van der Waals surface area contributed by atoms with Crippen molar-refractivity contribution in [3.63, 3.8) is 0 Å². The second kappa shape index (κ2) is 9.72. The normalized spacial score (nSPS) is 25.8. The molecule has 1 aliphatic carbocycles. The fourth-order valence-electron chi connectivity index (χ4n) is 4.19. The molecule has 2 heterocycles. The third kappa shape index (κ3) is 5.25. The highest BCUT2D eigenvalue weighted by molar-refractivity contribution is 5.80. The van der Waals surface area contributed by atoms with Crippen molar-refractivity contribution in [3.8, 4) is 0 Å². The number of morpholine rings is 1. The molecule has 2 unspecified atom stereocenters. The lowest BCUT2D eigenvalue weighted by molar-refractivity contribution is -0.0502. The van der Waals surface area contributed by atoms with E-state index in [4.69, 9.17) is 9.47 Å². The van der Waals surface area contributed by atoms with E-state index < -0.39 is 0 Å². The van der Waals surface area contributed by atoms with Gasteiger partial charge in [0, 0.05) is 53.0 Å². The van der Waals surface area contributed by atoms with E-state index in [1.807, 2.05) is 7.05 Å². The van der Waals surface area contributed by atoms with E-state index in [0.29, 0.717) is 6.04 Å². The zero-order valence-corrected chi connectivity index (χ0v) is 17.1. The van der Waals surface area contributed by atoms with Gasteiger partial charge in [0.25, 0.3) is 0 Å². The lowest BCUT2D eigenvalue weighted by Crippen LogP contribution is -2.50. The third-order valence-electron chi connectivity index (χ3n) is 5.96. The Kier molecular flexibility index (Phi) is 6.83. The van der Waals surface area contributed by atoms with Gasteiger partial charge in [-0.3, -0.25) is 9.89 Å². The summed E-state index contributed by atoms with van der Waals surface area (Å²) in [6.07, 6.45) is 3.98. The van der Waals surface area contributed by atoms with Crippen LogP contribution in [0.4, 0.5) is 0 Å². The Bertz CT molecular complexity index is 635. The first kappa shape index (κ1) is 19.7. The number of rotatable bonds is 8. The zero-order valence-electron chi connectivity index (χ0n) is 17.1. The molecule has 2 atom stereocenters. The number of hydrogen-bond donors (Lipinski definition) is 1. The van der Waals surface area contributed by atoms with Crippen LogP contribution in [0.1, 0.15) is 24.8 Å². The number of fused-ring (bicyclic) bond motifs is 1. The maximum atomic E-state index is 6.09. The highest BCUT2D eigenvalue weighted by atomic mass is 16.5. The van der Waals surface area contributed by atoms with Crippen LogP contribution in [0.5, 0.6) is 0 Å². The molecular formula is C22H34N4O2. The second-order valence-electron chi connectivity index (χ2n) is 8.18. The maximum absolute atomic E-state index is 6.09. The number of aliphatic imine (C=N–C) groups is 1. The Hall–Kier alpha value is -1.63. The molecule has 1 saturated carbocycles. The van der Waals surface area contributed by atoms with Crippen molar-refractivity contribution in [1.82, 2.24) is 15.1 Å². The minimum absolute atomic E-state index is 0.262. The van der Waals surface area contributed by atoms with Gasteiger partial charge in [-0.2, -0.15) is 0 Å². The standard InChI is InChI=1S/C22H34N4O2/c1-23-22(24-10-5-12-27-17-19-8-9-19)26-15-20-21(16-26)28-13-11-25(20)14-18-6-3-2-4-7-18/h2-4,6-7,19-21H,5,8-17H2,1H3,(H,23,24). The third-order valence-corrected chi connectivity index (χ3v) is 5.96. The second-order valence-corrected chi connectivity index (χ2v) is 8.18. The number of nitrogens with one attached hydrogen (secondary N) is 1. The van der Waals surface area contributed by atoms with Crippen LogP contribution in [-0.4, -0.2) is 81.0 Å². The molecule has 1 N–H and O–H groups in total. The first-order valence-corrected chi connectivity index (χ1v) is 10.8. The number of likely N-dealkylation sites (tertiary alicyclic amines) is 1. The fourth-order valence-corrected chi connectivity index (χ4v) is 4.19. The molecule has 2 aliphatic heterocycles. The Morgan fingerprint density at radius 3 is 2.89 bits per heavy atom. The molecule has 6 heteroatoms. The molecule has 0 aromatic heterocycles. The Labute approximate surface area is 168 Å². The van der Waals surface area contributed by atoms with E-state index in [1.54, 1.807) is 0 Å². The number of benzene rings is 1. The predicted molar refractivity (Wildman–Crippen MR) is 111 cm³/mol. The Balaban J connectivity index is 1.24. The molecule has 154 valence electrons. The van der Waals surface area contributed by atoms with E-state index in [-0.39, 0.29) is 6.10 Å². The maximum Gasteiger partial charge on any atom is 0.193 e. The molecule has 2 saturated heterocycles. The fraction of sp³-hybridized carbons (Fsp3) is 0.682. The first-order chi connectivity index (χ1) is 13.8. The highest BCUT2D eigenvalue weighted by Crippen LogP contribution is 2.28. The van der Waals surface area contributed by atoms with Gasteiger partial charge in [-0.15, -0.1) is 0 Å². The van der Waals surface area contributed by atoms with Gasteiger partial charge in [-0.1, -0.05) is 30.3 Å². The van der Waals surface area contributed by atoms with Crippen molar-refractivity contribution in [2.24, 2.45) is 10.9 Å². The van der Waals surface area contributed by atoms with Crippen molar-refractivity contribution in [3.05, 3.63) is 35.9 Å². The van der Waals surface area contributed by atoms with Crippen molar-refractivity contribution in [1.29, 1.82) is 0 Å². The summed E-state index contributed by atoms with van der Waals surface area (Å²) >= 11 is 0. The van der Waals surface area contributed by atoms with Gasteiger partial charge < -0.3 is 19.7 Å². The van der Waals surface area contributed by atoms with Crippen LogP contribution in [0, 0.1) is 5.92 Å². The van der Waals surface area contributed by atoms with Crippen molar-refractivity contribution in [2.45, 2.75) is 38.0 Å². The summed E-state index contributed by atoms with van der Waals surface area (Å²) in [5, 5.41) is 3.51. The summed E-state index contributed by atoms with van der Waals surface area (Å²) in [4.78, 5) is 9.43. The van der Waals surface area contributed by atoms with E-state index in [2.05, 4.69) is 50.4 Å². The minimum atomic E-state index is 0.262. The SMILES string of the molecule is CN=C(NCCCOCC1CC1)N1CC2OCCN(Cc3ccccc3)C2C1. The largest absolute Gasteiger partial charge is 0.381 e. The molecule has 1 aromatic rings. The molecule has 0 radical (unpaired) electrons. The summed E-state index contributed by atoms with van der Waals surface area (Å²) in [5.41, 5.74) is 1.37. The molecule has 0 bridgehead atoms. The van der Waals surface area contributed by atoms with E-state index >= 15 is 0 Å². The predicted octanol–water partition coefficient (Wildman–Crippen LogP) is 1.96. The van der Waals surface area contributed by atoms with Crippen LogP contribution in [-0.2, 0) is 16.0 Å². The summed E-state index contributed by atoms with van der Waals surface area (Å²) in [7, 11) is 1.87. The smallest absolute Gasteiger partial charge is 0.193 e. The van der Waals surface area contributed by atoms with Crippen LogP contribution >= 0.6 is 0 Å². The molecule has 1 aromatic carbocycles. The van der Waals surface area contributed by atoms with Gasteiger partial charge in [0.15, 0.2) is 5.96 Å². The molecule has 3 fully saturated rings. The topological polar surface area (TPSA) is 49.3 Å². The van der Waals surface area contributed by atoms with Gasteiger partial charge in [0.1, 0.15) is 0 Å². The van der Waals surface area contributed by atoms with Crippen LogP contribution in [0.15, 0.2) is 35.3 Å². The van der Waals surface area contributed by atoms with Gasteiger partial charge in [-0.25, -0.2) is 0 Å². The molecule has 28 heavy (non-hydrogen) atoms. The first-order valence-electron chi connectivity index (χ1n) is 10.8. The van der Waals surface area contributed by atoms with Crippen molar-refractivity contribution >= 4 is 5.96 Å². The quantitative estimate of drug-likeness (QED) is 0.421. The number of nitrogens with zero attached hydrogens (tertiary/aromatic N) is 3. The van der Waals surface area contributed by atoms with Gasteiger partial charge in [0.05, 0.1) is 18.8 Å². The average molecular weight is 387 g/mol. The highest BCUT2D eigenvalue weighted by Gasteiger charge is 2.41. The molecule has 0 spiro atoms. The van der Waals surface area contributed by atoms with Crippen molar-refractivity contribution in [2.75, 3.05) is 53.0 Å². The summed E-state index contributed by atoms with van der Waals surface area (Å²) in [6, 6.07) is 11.2.